The van der Waals surface area contributed by atoms with Gasteiger partial charge in [-0.2, -0.15) is 5.10 Å². The first kappa shape index (κ1) is 14.1. The third-order valence-corrected chi connectivity index (χ3v) is 4.24. The van der Waals surface area contributed by atoms with Crippen molar-refractivity contribution in [2.24, 2.45) is 11.0 Å². The van der Waals surface area contributed by atoms with Crippen molar-refractivity contribution in [1.82, 2.24) is 10.4 Å². The molecule has 0 spiro atoms. The number of hydrazone groups is 1. The van der Waals surface area contributed by atoms with Crippen LogP contribution in [0.1, 0.15) is 35.3 Å². The van der Waals surface area contributed by atoms with Crippen molar-refractivity contribution in [1.29, 1.82) is 0 Å². The molecule has 1 aliphatic rings. The fourth-order valence-electron chi connectivity index (χ4n) is 2.51. The minimum absolute atomic E-state index is 0.225. The molecule has 1 fully saturated rings. The Kier molecular flexibility index (Phi) is 3.92. The number of amides is 1. The largest absolute Gasteiger partial charge is 0.356 e. The number of halogens is 1. The minimum atomic E-state index is -0.225. The topological polar surface area (TPSA) is 57.2 Å². The van der Waals surface area contributed by atoms with Crippen LogP contribution in [0.25, 0.3) is 0 Å². The van der Waals surface area contributed by atoms with Crippen molar-refractivity contribution in [2.45, 2.75) is 19.3 Å². The predicted molar refractivity (Wildman–Crippen MR) is 86.4 cm³/mol. The van der Waals surface area contributed by atoms with Gasteiger partial charge in [-0.1, -0.05) is 30.3 Å². The van der Waals surface area contributed by atoms with Gasteiger partial charge in [0.15, 0.2) is 0 Å². The minimum Gasteiger partial charge on any atom is -0.356 e. The van der Waals surface area contributed by atoms with Crippen molar-refractivity contribution < 1.29 is 4.79 Å². The van der Waals surface area contributed by atoms with Crippen LogP contribution in [0, 0.1) is 5.92 Å². The van der Waals surface area contributed by atoms with E-state index in [2.05, 4.69) is 55.7 Å². The maximum absolute atomic E-state index is 11.9. The number of hydrogen-bond acceptors (Lipinski definition) is 2. The number of carbonyl (C=O) groups is 1. The van der Waals surface area contributed by atoms with Crippen molar-refractivity contribution in [3.05, 3.63) is 58.3 Å². The summed E-state index contributed by atoms with van der Waals surface area (Å²) in [7, 11) is 0. The molecule has 2 atom stereocenters. The molecule has 2 unspecified atom stereocenters. The number of H-pyrrole nitrogens is 1. The zero-order chi connectivity index (χ0) is 14.8. The van der Waals surface area contributed by atoms with E-state index < -0.39 is 0 Å². The first-order valence-electron chi connectivity index (χ1n) is 6.88. The number of aromatic nitrogens is 1. The van der Waals surface area contributed by atoms with Gasteiger partial charge in [-0.05, 0) is 46.8 Å². The summed E-state index contributed by atoms with van der Waals surface area (Å²) in [6.45, 7) is 1.97. The second kappa shape index (κ2) is 5.85. The molecule has 0 radical (unpaired) electrons. The third kappa shape index (κ3) is 3.24. The van der Waals surface area contributed by atoms with Gasteiger partial charge in [0.2, 0.25) is 0 Å². The molecule has 108 valence electrons. The molecule has 3 rings (SSSR count). The van der Waals surface area contributed by atoms with E-state index in [1.807, 2.05) is 13.0 Å². The lowest BCUT2D eigenvalue weighted by Gasteiger charge is -2.02. The Bertz CT molecular complexity index is 678. The zero-order valence-corrected chi connectivity index (χ0v) is 13.2. The van der Waals surface area contributed by atoms with E-state index in [4.69, 9.17) is 0 Å². The van der Waals surface area contributed by atoms with E-state index in [1.54, 1.807) is 12.3 Å². The molecule has 1 aromatic heterocycles. The summed E-state index contributed by atoms with van der Waals surface area (Å²) in [5, 5.41) is 4.23. The van der Waals surface area contributed by atoms with E-state index in [0.717, 1.165) is 16.6 Å². The van der Waals surface area contributed by atoms with Gasteiger partial charge >= 0.3 is 0 Å². The van der Waals surface area contributed by atoms with Gasteiger partial charge in [-0.25, -0.2) is 5.43 Å². The van der Waals surface area contributed by atoms with E-state index in [-0.39, 0.29) is 5.91 Å². The first-order chi connectivity index (χ1) is 10.1. The van der Waals surface area contributed by atoms with Crippen LogP contribution in [0.5, 0.6) is 0 Å². The lowest BCUT2D eigenvalue weighted by atomic mass is 10.1. The SMILES string of the molecule is C/C(=N\NC(=O)c1cc(Br)c[nH]1)C1CC1c1ccccc1. The highest BCUT2D eigenvalue weighted by Gasteiger charge is 2.40. The highest BCUT2D eigenvalue weighted by molar-refractivity contribution is 9.10. The van der Waals surface area contributed by atoms with E-state index in [9.17, 15) is 4.79 Å². The van der Waals surface area contributed by atoms with Crippen molar-refractivity contribution in [3.8, 4) is 0 Å². The number of nitrogens with one attached hydrogen (secondary N) is 2. The Morgan fingerprint density at radius 2 is 2.14 bits per heavy atom. The highest BCUT2D eigenvalue weighted by atomic mass is 79.9. The molecule has 2 N–H and O–H groups in total. The lowest BCUT2D eigenvalue weighted by molar-refractivity contribution is 0.0950. The normalized spacial score (nSPS) is 21.1. The Balaban J connectivity index is 1.59. The average molecular weight is 346 g/mol. The van der Waals surface area contributed by atoms with Crippen molar-refractivity contribution >= 4 is 27.5 Å². The molecular weight excluding hydrogens is 330 g/mol. The van der Waals surface area contributed by atoms with Gasteiger partial charge < -0.3 is 4.98 Å². The van der Waals surface area contributed by atoms with Gasteiger partial charge in [0.05, 0.1) is 0 Å². The van der Waals surface area contributed by atoms with Crippen molar-refractivity contribution in [2.75, 3.05) is 0 Å². The summed E-state index contributed by atoms with van der Waals surface area (Å²) in [4.78, 5) is 14.8. The molecule has 1 saturated carbocycles. The van der Waals surface area contributed by atoms with E-state index >= 15 is 0 Å². The van der Waals surface area contributed by atoms with Gasteiger partial charge in [-0.15, -0.1) is 0 Å². The Morgan fingerprint density at radius 3 is 2.81 bits per heavy atom. The zero-order valence-electron chi connectivity index (χ0n) is 11.6. The molecule has 2 aromatic rings. The predicted octanol–water partition coefficient (Wildman–Crippen LogP) is 3.69. The number of nitrogens with zero attached hydrogens (tertiary/aromatic N) is 1. The molecular formula is C16H16BrN3O. The van der Waals surface area contributed by atoms with Crippen LogP contribution in [0.4, 0.5) is 0 Å². The van der Waals surface area contributed by atoms with Gasteiger partial charge in [0, 0.05) is 22.3 Å². The quantitative estimate of drug-likeness (QED) is 0.644. The monoisotopic (exact) mass is 345 g/mol. The number of aromatic amines is 1. The Hall–Kier alpha value is -1.88. The number of benzene rings is 1. The van der Waals surface area contributed by atoms with Gasteiger partial charge in [0.1, 0.15) is 5.69 Å². The summed E-state index contributed by atoms with van der Waals surface area (Å²) in [5.41, 5.74) is 5.42. The Morgan fingerprint density at radius 1 is 1.38 bits per heavy atom. The van der Waals surface area contributed by atoms with Crippen LogP contribution in [-0.4, -0.2) is 16.6 Å². The fraction of sp³-hybridized carbons (Fsp3) is 0.250. The van der Waals surface area contributed by atoms with Crippen LogP contribution in [0.15, 0.2) is 52.2 Å². The van der Waals surface area contributed by atoms with Crippen molar-refractivity contribution in [3.63, 3.8) is 0 Å². The van der Waals surface area contributed by atoms with Crippen LogP contribution in [0.3, 0.4) is 0 Å². The molecule has 1 aromatic carbocycles. The molecule has 0 aliphatic heterocycles. The summed E-state index contributed by atoms with van der Waals surface area (Å²) in [6.07, 6.45) is 2.82. The fourth-order valence-corrected chi connectivity index (χ4v) is 2.85. The van der Waals surface area contributed by atoms with Crippen LogP contribution < -0.4 is 5.43 Å². The molecule has 1 heterocycles. The maximum Gasteiger partial charge on any atom is 0.287 e. The third-order valence-electron chi connectivity index (χ3n) is 3.78. The molecule has 5 heteroatoms. The standard InChI is InChI=1S/C16H16BrN3O/c1-10(13-8-14(13)11-5-3-2-4-6-11)19-20-16(21)15-7-12(17)9-18-15/h2-7,9,13-14,18H,8H2,1H3,(H,20,21)/b19-10+. The van der Waals surface area contributed by atoms with Crippen LogP contribution in [-0.2, 0) is 0 Å². The average Bonchev–Trinajstić information content (AvgIpc) is 3.20. The van der Waals surface area contributed by atoms with Gasteiger partial charge in [0.25, 0.3) is 5.91 Å². The summed E-state index contributed by atoms with van der Waals surface area (Å²) in [5.74, 6) is 0.742. The molecule has 1 amide bonds. The second-order valence-corrected chi connectivity index (χ2v) is 6.20. The smallest absolute Gasteiger partial charge is 0.287 e. The summed E-state index contributed by atoms with van der Waals surface area (Å²) < 4.78 is 0.847. The first-order valence-corrected chi connectivity index (χ1v) is 7.68. The molecule has 0 saturated heterocycles. The lowest BCUT2D eigenvalue weighted by Crippen LogP contribution is -2.20. The van der Waals surface area contributed by atoms with Crippen LogP contribution >= 0.6 is 15.9 Å². The van der Waals surface area contributed by atoms with E-state index in [0.29, 0.717) is 17.5 Å². The maximum atomic E-state index is 11.9. The summed E-state index contributed by atoms with van der Waals surface area (Å²) in [6, 6.07) is 12.2. The summed E-state index contributed by atoms with van der Waals surface area (Å²) >= 11 is 3.30. The molecule has 4 nitrogen and oxygen atoms in total. The molecule has 21 heavy (non-hydrogen) atoms. The van der Waals surface area contributed by atoms with Crippen LogP contribution in [0.2, 0.25) is 0 Å². The second-order valence-electron chi connectivity index (χ2n) is 5.29. The van der Waals surface area contributed by atoms with E-state index in [1.165, 1.54) is 5.56 Å². The number of carbonyl (C=O) groups excluding carboxylic acids is 1. The number of hydrogen-bond donors (Lipinski definition) is 2. The Labute approximate surface area is 131 Å². The van der Waals surface area contributed by atoms with Gasteiger partial charge in [-0.3, -0.25) is 4.79 Å². The molecule has 0 bridgehead atoms. The number of rotatable bonds is 4. The highest BCUT2D eigenvalue weighted by Crippen LogP contribution is 2.48. The molecule has 1 aliphatic carbocycles.